The first-order valence-electron chi connectivity index (χ1n) is 4.68. The Kier molecular flexibility index (Phi) is 2.59. The third-order valence-corrected chi connectivity index (χ3v) is 2.12. The van der Waals surface area contributed by atoms with Crippen LogP contribution in [0.15, 0.2) is 35.0 Å². The summed E-state index contributed by atoms with van der Waals surface area (Å²) >= 11 is 0. The molecule has 0 aliphatic rings. The van der Waals surface area contributed by atoms with Crippen molar-refractivity contribution >= 4 is 11.6 Å². The van der Waals surface area contributed by atoms with E-state index >= 15 is 0 Å². The summed E-state index contributed by atoms with van der Waals surface area (Å²) in [5.41, 5.74) is 1.40. The first-order valence-corrected chi connectivity index (χ1v) is 4.68. The average Bonchev–Trinajstić information content (AvgIpc) is 2.75. The molecule has 1 aromatic heterocycles. The highest BCUT2D eigenvalue weighted by atomic mass is 16.5. The predicted octanol–water partition coefficient (Wildman–Crippen LogP) is 1.94. The molecule has 0 unspecified atom stereocenters. The van der Waals surface area contributed by atoms with Gasteiger partial charge in [0.05, 0.1) is 6.20 Å². The Hall–Kier alpha value is -2.30. The summed E-state index contributed by atoms with van der Waals surface area (Å²) in [6.45, 7) is 1.79. The van der Waals surface area contributed by atoms with Crippen LogP contribution in [0.25, 0.3) is 0 Å². The number of carbonyl (C=O) groups excluding carboxylic acids is 1. The van der Waals surface area contributed by atoms with Crippen molar-refractivity contribution in [2.45, 2.75) is 6.92 Å². The Morgan fingerprint density at radius 2 is 2.25 bits per heavy atom. The van der Waals surface area contributed by atoms with E-state index in [1.165, 1.54) is 18.3 Å². The van der Waals surface area contributed by atoms with Gasteiger partial charge in [0.2, 0.25) is 5.76 Å². The zero-order valence-corrected chi connectivity index (χ0v) is 8.60. The van der Waals surface area contributed by atoms with E-state index in [0.29, 0.717) is 5.69 Å². The minimum atomic E-state index is -0.369. The van der Waals surface area contributed by atoms with E-state index in [2.05, 4.69) is 10.5 Å². The number of benzene rings is 1. The first kappa shape index (κ1) is 10.2. The van der Waals surface area contributed by atoms with E-state index in [1.807, 2.05) is 0 Å². The zero-order chi connectivity index (χ0) is 11.5. The van der Waals surface area contributed by atoms with Gasteiger partial charge in [0.1, 0.15) is 5.75 Å². The summed E-state index contributed by atoms with van der Waals surface area (Å²) in [5.74, 6) is -0.0612. The van der Waals surface area contributed by atoms with Gasteiger partial charge in [0.25, 0.3) is 5.91 Å². The minimum Gasteiger partial charge on any atom is -0.508 e. The van der Waals surface area contributed by atoms with Gasteiger partial charge in [0, 0.05) is 11.8 Å². The molecule has 0 radical (unpaired) electrons. The Morgan fingerprint density at radius 3 is 2.88 bits per heavy atom. The molecule has 2 aromatic rings. The molecule has 2 N–H and O–H groups in total. The Bertz CT molecular complexity index is 506. The predicted molar refractivity (Wildman–Crippen MR) is 57.3 cm³/mol. The van der Waals surface area contributed by atoms with Gasteiger partial charge < -0.3 is 14.9 Å². The van der Waals surface area contributed by atoms with E-state index in [1.54, 1.807) is 19.1 Å². The molecule has 82 valence electrons. The van der Waals surface area contributed by atoms with E-state index in [-0.39, 0.29) is 17.4 Å². The SMILES string of the molecule is Cc1cc(O)ccc1NC(=O)c1ccno1. The van der Waals surface area contributed by atoms with E-state index in [0.717, 1.165) is 5.56 Å². The largest absolute Gasteiger partial charge is 0.508 e. The number of aromatic nitrogens is 1. The topological polar surface area (TPSA) is 75.4 Å². The fourth-order valence-electron chi connectivity index (χ4n) is 1.30. The average molecular weight is 218 g/mol. The number of phenols is 1. The molecule has 1 amide bonds. The van der Waals surface area contributed by atoms with E-state index in [9.17, 15) is 9.90 Å². The van der Waals surface area contributed by atoms with Crippen LogP contribution in [-0.4, -0.2) is 16.2 Å². The molecule has 1 heterocycles. The van der Waals surface area contributed by atoms with Crippen LogP contribution in [0.5, 0.6) is 5.75 Å². The van der Waals surface area contributed by atoms with Crippen molar-refractivity contribution in [3.05, 3.63) is 41.8 Å². The molecule has 0 atom stereocenters. The van der Waals surface area contributed by atoms with Gasteiger partial charge in [-0.1, -0.05) is 5.16 Å². The van der Waals surface area contributed by atoms with Gasteiger partial charge in [-0.15, -0.1) is 0 Å². The number of amides is 1. The molecule has 0 saturated carbocycles. The highest BCUT2D eigenvalue weighted by molar-refractivity contribution is 6.02. The van der Waals surface area contributed by atoms with Gasteiger partial charge >= 0.3 is 0 Å². The molecule has 2 rings (SSSR count). The molecule has 0 fully saturated rings. The lowest BCUT2D eigenvalue weighted by Gasteiger charge is -2.06. The number of anilines is 1. The molecule has 5 heteroatoms. The summed E-state index contributed by atoms with van der Waals surface area (Å²) in [7, 11) is 0. The third kappa shape index (κ3) is 2.03. The Labute approximate surface area is 91.7 Å². The van der Waals surface area contributed by atoms with Gasteiger partial charge in [0.15, 0.2) is 0 Å². The second-order valence-electron chi connectivity index (χ2n) is 3.33. The number of carbonyl (C=O) groups is 1. The summed E-state index contributed by atoms with van der Waals surface area (Å²) in [6.07, 6.45) is 1.40. The van der Waals surface area contributed by atoms with Gasteiger partial charge in [-0.25, -0.2) is 0 Å². The van der Waals surface area contributed by atoms with Gasteiger partial charge in [-0.2, -0.15) is 0 Å². The van der Waals surface area contributed by atoms with Crippen LogP contribution < -0.4 is 5.32 Å². The highest BCUT2D eigenvalue weighted by Gasteiger charge is 2.11. The fourth-order valence-corrected chi connectivity index (χ4v) is 1.30. The van der Waals surface area contributed by atoms with E-state index in [4.69, 9.17) is 4.52 Å². The second-order valence-corrected chi connectivity index (χ2v) is 3.33. The molecule has 0 saturated heterocycles. The maximum Gasteiger partial charge on any atom is 0.294 e. The third-order valence-electron chi connectivity index (χ3n) is 2.12. The molecule has 0 aliphatic carbocycles. The lowest BCUT2D eigenvalue weighted by Crippen LogP contribution is -2.11. The number of rotatable bonds is 2. The van der Waals surface area contributed by atoms with Gasteiger partial charge in [-0.3, -0.25) is 4.79 Å². The van der Waals surface area contributed by atoms with Crippen LogP contribution in [0.2, 0.25) is 0 Å². The number of nitrogens with zero attached hydrogens (tertiary/aromatic N) is 1. The Balaban J connectivity index is 2.18. The maximum atomic E-state index is 11.6. The van der Waals surface area contributed by atoms with Crippen molar-refractivity contribution in [1.82, 2.24) is 5.16 Å². The molecule has 1 aromatic carbocycles. The van der Waals surface area contributed by atoms with E-state index < -0.39 is 0 Å². The minimum absolute atomic E-state index is 0.146. The quantitative estimate of drug-likeness (QED) is 0.755. The maximum absolute atomic E-state index is 11.6. The number of aryl methyl sites for hydroxylation is 1. The number of aromatic hydroxyl groups is 1. The van der Waals surface area contributed by atoms with Crippen molar-refractivity contribution in [3.8, 4) is 5.75 Å². The number of hydrogen-bond donors (Lipinski definition) is 2. The summed E-state index contributed by atoms with van der Waals surface area (Å²) in [6, 6.07) is 6.17. The zero-order valence-electron chi connectivity index (χ0n) is 8.60. The Morgan fingerprint density at radius 1 is 1.44 bits per heavy atom. The van der Waals surface area contributed by atoms with Crippen molar-refractivity contribution in [2.24, 2.45) is 0 Å². The second kappa shape index (κ2) is 4.06. The molecule has 0 bridgehead atoms. The molecular weight excluding hydrogens is 208 g/mol. The highest BCUT2D eigenvalue weighted by Crippen LogP contribution is 2.20. The summed E-state index contributed by atoms with van der Waals surface area (Å²) < 4.78 is 4.72. The summed E-state index contributed by atoms with van der Waals surface area (Å²) in [5, 5.41) is 15.3. The van der Waals surface area contributed by atoms with Crippen molar-refractivity contribution in [1.29, 1.82) is 0 Å². The van der Waals surface area contributed by atoms with Crippen LogP contribution in [0.3, 0.4) is 0 Å². The van der Waals surface area contributed by atoms with Crippen molar-refractivity contribution in [3.63, 3.8) is 0 Å². The molecule has 0 spiro atoms. The van der Waals surface area contributed by atoms with Crippen molar-refractivity contribution in [2.75, 3.05) is 5.32 Å². The van der Waals surface area contributed by atoms with Crippen LogP contribution in [0.1, 0.15) is 16.1 Å². The fraction of sp³-hybridized carbons (Fsp3) is 0.0909. The normalized spacial score (nSPS) is 10.1. The first-order chi connectivity index (χ1) is 7.66. The number of phenolic OH excluding ortho intramolecular Hbond substituents is 1. The molecular formula is C11H10N2O3. The molecule has 16 heavy (non-hydrogen) atoms. The monoisotopic (exact) mass is 218 g/mol. The van der Waals surface area contributed by atoms with Crippen LogP contribution in [0.4, 0.5) is 5.69 Å². The number of hydrogen-bond acceptors (Lipinski definition) is 4. The van der Waals surface area contributed by atoms with Crippen LogP contribution in [0, 0.1) is 6.92 Å². The standard InChI is InChI=1S/C11H10N2O3/c1-7-6-8(14)2-3-9(7)13-11(15)10-4-5-12-16-10/h2-6,14H,1H3,(H,13,15). The lowest BCUT2D eigenvalue weighted by molar-refractivity contribution is 0.0988. The van der Waals surface area contributed by atoms with Gasteiger partial charge in [-0.05, 0) is 30.7 Å². The van der Waals surface area contributed by atoms with Crippen LogP contribution >= 0.6 is 0 Å². The van der Waals surface area contributed by atoms with Crippen LogP contribution in [-0.2, 0) is 0 Å². The lowest BCUT2D eigenvalue weighted by atomic mass is 10.2. The smallest absolute Gasteiger partial charge is 0.294 e. The summed E-state index contributed by atoms with van der Waals surface area (Å²) in [4.78, 5) is 11.6. The molecule has 5 nitrogen and oxygen atoms in total. The number of nitrogens with one attached hydrogen (secondary N) is 1. The molecule has 0 aliphatic heterocycles. The van der Waals surface area contributed by atoms with Crippen molar-refractivity contribution < 1.29 is 14.4 Å².